The van der Waals surface area contributed by atoms with Gasteiger partial charge in [0.15, 0.2) is 0 Å². The van der Waals surface area contributed by atoms with Gasteiger partial charge in [-0.2, -0.15) is 8.42 Å². The third-order valence-corrected chi connectivity index (χ3v) is 0. The Morgan fingerprint density at radius 3 is 1.11 bits per heavy atom. The molecule has 0 unspecified atom stereocenters. The molecule has 0 aliphatic rings. The molecule has 0 spiro atoms. The molecule has 0 aromatic rings. The topological polar surface area (TPSA) is 74.6 Å². The zero-order valence-corrected chi connectivity index (χ0v) is 8.81. The first kappa shape index (κ1) is 13.1. The monoisotopic (exact) mass is 400 g/mol. The average Bonchev–Trinajstić information content (AvgIpc) is 1.19. The maximum absolute atomic E-state index is 8.74. The van der Waals surface area contributed by atoms with Crippen molar-refractivity contribution in [3.8, 4) is 0 Å². The third-order valence-electron chi connectivity index (χ3n) is 0. The van der Waals surface area contributed by atoms with Gasteiger partial charge in [-0.3, -0.25) is 9.11 Å². The molecule has 0 atom stereocenters. The molecule has 0 aliphatic heterocycles. The molecule has 0 bridgehead atoms. The summed E-state index contributed by atoms with van der Waals surface area (Å²) in [6, 6.07) is 0. The standard InChI is InChI=1S/Au.3ClH.H2O4S/c;;;;1-5(2,3)4/h;3*1H;(H2,1,2,3,4)/q+3;;;;/p-3. The summed E-state index contributed by atoms with van der Waals surface area (Å²) in [6.45, 7) is 0. The van der Waals surface area contributed by atoms with E-state index in [1.807, 2.05) is 0 Å². The van der Waals surface area contributed by atoms with Gasteiger partial charge < -0.3 is 0 Å². The van der Waals surface area contributed by atoms with E-state index >= 15 is 0 Å². The van der Waals surface area contributed by atoms with Gasteiger partial charge in [-0.1, -0.05) is 0 Å². The molecule has 0 rings (SSSR count). The summed E-state index contributed by atoms with van der Waals surface area (Å²) in [5, 5.41) is 0. The van der Waals surface area contributed by atoms with Gasteiger partial charge in [-0.25, -0.2) is 0 Å². The van der Waals surface area contributed by atoms with Crippen LogP contribution in [0.25, 0.3) is 0 Å². The SMILES string of the molecule is O=S(=O)(O)O.[Cl][Au]([Cl])[Cl]. The molecule has 0 aromatic heterocycles. The summed E-state index contributed by atoms with van der Waals surface area (Å²) in [6.07, 6.45) is 0. The van der Waals surface area contributed by atoms with E-state index in [0.717, 1.165) is 0 Å². The minimum atomic E-state index is -4.67. The molecule has 0 saturated carbocycles. The van der Waals surface area contributed by atoms with Crippen LogP contribution in [0.2, 0.25) is 0 Å². The quantitative estimate of drug-likeness (QED) is 0.476. The Labute approximate surface area is 70.3 Å². The van der Waals surface area contributed by atoms with Crippen LogP contribution >= 0.6 is 27.6 Å². The van der Waals surface area contributed by atoms with Crippen LogP contribution in [0.15, 0.2) is 0 Å². The van der Waals surface area contributed by atoms with E-state index < -0.39 is 25.6 Å². The second-order valence-corrected chi connectivity index (χ2v) is 10.9. The molecule has 2 N–H and O–H groups in total. The van der Waals surface area contributed by atoms with Gasteiger partial charge in [-0.15, -0.1) is 0 Å². The first-order chi connectivity index (χ1) is 3.73. The van der Waals surface area contributed by atoms with E-state index in [1.165, 1.54) is 0 Å². The van der Waals surface area contributed by atoms with Gasteiger partial charge in [0.1, 0.15) is 0 Å². The molecule has 0 aliphatic carbocycles. The van der Waals surface area contributed by atoms with Crippen molar-refractivity contribution in [3.63, 3.8) is 0 Å². The van der Waals surface area contributed by atoms with Crippen LogP contribution in [0.4, 0.5) is 0 Å². The summed E-state index contributed by atoms with van der Waals surface area (Å²) >= 11 is -1.79. The minimum absolute atomic E-state index is 1.79. The molecule has 9 heteroatoms. The van der Waals surface area contributed by atoms with Gasteiger partial charge in [0.25, 0.3) is 0 Å². The van der Waals surface area contributed by atoms with E-state index in [0.29, 0.717) is 0 Å². The molecule has 9 heavy (non-hydrogen) atoms. The number of hydrogen-bond donors (Lipinski definition) is 2. The Hall–Kier alpha value is 1.48. The number of rotatable bonds is 0. The van der Waals surface area contributed by atoms with E-state index in [-0.39, 0.29) is 0 Å². The molecular formula is H2AuCl3O4S. The van der Waals surface area contributed by atoms with E-state index in [1.54, 1.807) is 0 Å². The van der Waals surface area contributed by atoms with Crippen LogP contribution in [-0.4, -0.2) is 17.5 Å². The zero-order valence-electron chi connectivity index (χ0n) is 3.55. The van der Waals surface area contributed by atoms with Crippen LogP contribution in [0.5, 0.6) is 0 Å². The average molecular weight is 401 g/mol. The first-order valence-corrected chi connectivity index (χ1v) is 10.5. The Kier molecular flexibility index (Phi) is 9.03. The van der Waals surface area contributed by atoms with Gasteiger partial charge in [0.2, 0.25) is 0 Å². The maximum atomic E-state index is 8.74. The summed E-state index contributed by atoms with van der Waals surface area (Å²) in [4.78, 5) is 0. The fourth-order valence-corrected chi connectivity index (χ4v) is 0. The molecule has 0 heterocycles. The van der Waals surface area contributed by atoms with Crippen molar-refractivity contribution in [1.82, 2.24) is 0 Å². The van der Waals surface area contributed by atoms with Crippen molar-refractivity contribution in [2.45, 2.75) is 0 Å². The molecule has 0 radical (unpaired) electrons. The van der Waals surface area contributed by atoms with E-state index in [2.05, 4.69) is 0 Å². The summed E-state index contributed by atoms with van der Waals surface area (Å²) in [5.74, 6) is 0. The molecule has 0 amide bonds. The number of hydrogen-bond acceptors (Lipinski definition) is 2. The van der Waals surface area contributed by atoms with Crippen LogP contribution in [0.1, 0.15) is 0 Å². The fraction of sp³-hybridized carbons (Fsp3) is 0. The van der Waals surface area contributed by atoms with Gasteiger partial charge >= 0.3 is 53.2 Å². The summed E-state index contributed by atoms with van der Waals surface area (Å²) in [5.41, 5.74) is 0. The van der Waals surface area contributed by atoms with Crippen molar-refractivity contribution in [2.75, 3.05) is 0 Å². The van der Waals surface area contributed by atoms with Crippen molar-refractivity contribution in [3.05, 3.63) is 0 Å². The molecule has 4 nitrogen and oxygen atoms in total. The molecule has 0 fully saturated rings. The fourth-order valence-electron chi connectivity index (χ4n) is 0. The Morgan fingerprint density at radius 1 is 1.11 bits per heavy atom. The second-order valence-electron chi connectivity index (χ2n) is 0.577. The van der Waals surface area contributed by atoms with Crippen molar-refractivity contribution >= 4 is 38.0 Å². The normalized spacial score (nSPS) is 11.4. The third kappa shape index (κ3) is 242. The van der Waals surface area contributed by atoms with Crippen LogP contribution < -0.4 is 0 Å². The van der Waals surface area contributed by atoms with E-state index in [4.69, 9.17) is 45.1 Å². The molecule has 64 valence electrons. The van der Waals surface area contributed by atoms with Crippen LogP contribution in [-0.2, 0) is 25.6 Å². The molecule has 0 saturated heterocycles. The predicted molar refractivity (Wildman–Crippen MR) is 31.7 cm³/mol. The van der Waals surface area contributed by atoms with Crippen molar-refractivity contribution in [2.24, 2.45) is 0 Å². The van der Waals surface area contributed by atoms with Gasteiger partial charge in [0, 0.05) is 0 Å². The zero-order chi connectivity index (χ0) is 8.08. The Morgan fingerprint density at radius 2 is 1.11 bits per heavy atom. The summed E-state index contributed by atoms with van der Waals surface area (Å²) < 4.78 is 31.6. The van der Waals surface area contributed by atoms with Crippen molar-refractivity contribution < 1.29 is 32.7 Å². The molecule has 0 aromatic carbocycles. The Balaban J connectivity index is 0. The van der Waals surface area contributed by atoms with Gasteiger partial charge in [0.05, 0.1) is 0 Å². The van der Waals surface area contributed by atoms with Crippen molar-refractivity contribution in [1.29, 1.82) is 0 Å². The van der Waals surface area contributed by atoms with Crippen LogP contribution in [0, 0.1) is 0 Å². The first-order valence-electron chi connectivity index (χ1n) is 1.04. The Bertz CT molecular complexity index is 127. The van der Waals surface area contributed by atoms with E-state index in [9.17, 15) is 0 Å². The van der Waals surface area contributed by atoms with Crippen LogP contribution in [0.3, 0.4) is 0 Å². The number of halogens is 3. The second kappa shape index (κ2) is 6.21. The molecular weight excluding hydrogens is 399 g/mol. The van der Waals surface area contributed by atoms with Gasteiger partial charge in [-0.05, 0) is 0 Å². The summed E-state index contributed by atoms with van der Waals surface area (Å²) in [7, 11) is 10.2. The predicted octanol–water partition coefficient (Wildman–Crippen LogP) is 1.41.